The van der Waals surface area contributed by atoms with Gasteiger partial charge < -0.3 is 10.2 Å². The second kappa shape index (κ2) is 2.85. The van der Waals surface area contributed by atoms with Gasteiger partial charge in [-0.05, 0) is 35.1 Å². The molecular weight excluding hydrogens is 204 g/mol. The van der Waals surface area contributed by atoms with Gasteiger partial charge in [0.05, 0.1) is 0 Å². The zero-order valence-corrected chi connectivity index (χ0v) is 8.27. The maximum absolute atomic E-state index is 11.7. The predicted octanol–water partition coefficient (Wildman–Crippen LogP) is 0.108. The number of rotatable bonds is 0. The molecule has 0 fully saturated rings. The molecule has 0 atom stereocenters. The number of benzene rings is 1. The van der Waals surface area contributed by atoms with E-state index in [2.05, 4.69) is 0 Å². The summed E-state index contributed by atoms with van der Waals surface area (Å²) in [5, 5.41) is 20.3. The van der Waals surface area contributed by atoms with Crippen LogP contribution in [-0.2, 0) is 4.79 Å². The summed E-state index contributed by atoms with van der Waals surface area (Å²) >= 11 is 0. The van der Waals surface area contributed by atoms with E-state index < -0.39 is 0 Å². The summed E-state index contributed by atoms with van der Waals surface area (Å²) in [6.07, 6.45) is 6.69. The minimum atomic E-state index is -0.173. The smallest absolute Gasteiger partial charge is 0.187 e. The predicted molar refractivity (Wildman–Crippen MR) is 59.1 cm³/mol. The van der Waals surface area contributed by atoms with Crippen LogP contribution in [0.5, 0.6) is 11.5 Å². The van der Waals surface area contributed by atoms with Crippen LogP contribution in [0.4, 0.5) is 0 Å². The zero-order chi connectivity index (χ0) is 11.3. The molecule has 3 nitrogen and oxygen atoms in total. The number of carbonyl (C=O) groups excluding carboxylic acids is 1. The van der Waals surface area contributed by atoms with E-state index in [4.69, 9.17) is 0 Å². The lowest BCUT2D eigenvalue weighted by molar-refractivity contribution is -0.109. The van der Waals surface area contributed by atoms with E-state index in [0.717, 1.165) is 5.57 Å². The zero-order valence-electron chi connectivity index (χ0n) is 8.27. The van der Waals surface area contributed by atoms with Gasteiger partial charge in [-0.25, -0.2) is 0 Å². The summed E-state index contributed by atoms with van der Waals surface area (Å²) in [7, 11) is 0. The van der Waals surface area contributed by atoms with Crippen LogP contribution in [0.1, 0.15) is 0 Å². The van der Waals surface area contributed by atoms with Crippen molar-refractivity contribution in [2.24, 2.45) is 0 Å². The first-order valence-corrected chi connectivity index (χ1v) is 4.88. The number of phenolic OH excluding ortho intramolecular Hbond substituents is 2. The fourth-order valence-electron chi connectivity index (χ4n) is 2.07. The van der Waals surface area contributed by atoms with Gasteiger partial charge in [0.15, 0.2) is 17.3 Å². The Morgan fingerprint density at radius 3 is 2.75 bits per heavy atom. The molecule has 1 aromatic carbocycles. The highest BCUT2D eigenvalue weighted by molar-refractivity contribution is 6.29. The highest BCUT2D eigenvalue weighted by atomic mass is 16.3. The number of hydrogen-bond acceptors (Lipinski definition) is 3. The molecule has 16 heavy (non-hydrogen) atoms. The van der Waals surface area contributed by atoms with Crippen LogP contribution >= 0.6 is 0 Å². The highest BCUT2D eigenvalue weighted by Gasteiger charge is 2.20. The van der Waals surface area contributed by atoms with Gasteiger partial charge in [-0.1, -0.05) is 12.2 Å². The van der Waals surface area contributed by atoms with Gasteiger partial charge in [0.1, 0.15) is 0 Å². The molecule has 0 amide bonds. The molecule has 0 saturated heterocycles. The summed E-state index contributed by atoms with van der Waals surface area (Å²) in [5.74, 6) is -0.416. The van der Waals surface area contributed by atoms with Crippen LogP contribution in [0.15, 0.2) is 35.9 Å². The molecule has 2 aliphatic carbocycles. The monoisotopic (exact) mass is 212 g/mol. The Morgan fingerprint density at radius 1 is 1.12 bits per heavy atom. The van der Waals surface area contributed by atoms with Gasteiger partial charge in [-0.3, -0.25) is 4.79 Å². The number of allylic oxidation sites excluding steroid dienone is 4. The van der Waals surface area contributed by atoms with E-state index in [9.17, 15) is 15.0 Å². The molecule has 3 heteroatoms. The van der Waals surface area contributed by atoms with Gasteiger partial charge >= 0.3 is 0 Å². The topological polar surface area (TPSA) is 57.5 Å². The van der Waals surface area contributed by atoms with Crippen LogP contribution in [0.3, 0.4) is 0 Å². The maximum Gasteiger partial charge on any atom is 0.187 e. The average Bonchev–Trinajstić information content (AvgIpc) is 2.64. The molecular formula is C13H8O3. The lowest BCUT2D eigenvalue weighted by Gasteiger charge is -2.03. The molecule has 2 aliphatic rings. The van der Waals surface area contributed by atoms with Crippen molar-refractivity contribution in [3.8, 4) is 11.5 Å². The summed E-state index contributed by atoms with van der Waals surface area (Å²) in [4.78, 5) is 11.7. The Kier molecular flexibility index (Phi) is 1.60. The largest absolute Gasteiger partial charge is 0.504 e. The van der Waals surface area contributed by atoms with E-state index in [1.54, 1.807) is 18.2 Å². The lowest BCUT2D eigenvalue weighted by atomic mass is 9.99. The van der Waals surface area contributed by atoms with Crippen molar-refractivity contribution in [1.29, 1.82) is 0 Å². The van der Waals surface area contributed by atoms with E-state index in [1.165, 1.54) is 12.1 Å². The van der Waals surface area contributed by atoms with Gasteiger partial charge in [0.25, 0.3) is 0 Å². The van der Waals surface area contributed by atoms with E-state index in [1.807, 2.05) is 6.08 Å². The van der Waals surface area contributed by atoms with E-state index in [-0.39, 0.29) is 17.3 Å². The van der Waals surface area contributed by atoms with Crippen molar-refractivity contribution in [2.75, 3.05) is 0 Å². The van der Waals surface area contributed by atoms with Crippen LogP contribution in [0, 0.1) is 0 Å². The Labute approximate surface area is 91.0 Å². The van der Waals surface area contributed by atoms with Crippen molar-refractivity contribution >= 4 is 17.4 Å². The van der Waals surface area contributed by atoms with Gasteiger partial charge in [-0.15, -0.1) is 0 Å². The average molecular weight is 212 g/mol. The summed E-state index contributed by atoms with van der Waals surface area (Å²) in [6.45, 7) is 0. The summed E-state index contributed by atoms with van der Waals surface area (Å²) in [6, 6.07) is 3.04. The van der Waals surface area contributed by atoms with Gasteiger partial charge in [0, 0.05) is 10.8 Å². The standard InChI is InChI=1S/C13H8O3/c14-10-3-1-2-7-6-9-8(12(7)10)4-5-11(15)13(9)16/h1-6,15-16H. The number of ketones is 1. The molecule has 0 spiro atoms. The fraction of sp³-hybridized carbons (Fsp3) is 0. The number of aromatic hydroxyl groups is 2. The number of carbonyl (C=O) groups is 1. The molecule has 0 unspecified atom stereocenters. The molecule has 78 valence electrons. The van der Waals surface area contributed by atoms with E-state index >= 15 is 0 Å². The maximum atomic E-state index is 11.7. The van der Waals surface area contributed by atoms with Crippen molar-refractivity contribution in [3.05, 3.63) is 46.4 Å². The van der Waals surface area contributed by atoms with Gasteiger partial charge in [-0.2, -0.15) is 0 Å². The van der Waals surface area contributed by atoms with Gasteiger partial charge in [0.2, 0.25) is 0 Å². The molecule has 2 N–H and O–H groups in total. The first-order chi connectivity index (χ1) is 7.68. The van der Waals surface area contributed by atoms with E-state index in [0.29, 0.717) is 16.0 Å². The third-order valence-corrected chi connectivity index (χ3v) is 2.82. The molecule has 0 heterocycles. The number of phenols is 2. The second-order valence-electron chi connectivity index (χ2n) is 3.76. The third-order valence-electron chi connectivity index (χ3n) is 2.82. The minimum absolute atomic E-state index is 0.0717. The molecule has 1 aromatic rings. The first kappa shape index (κ1) is 8.97. The molecule has 3 rings (SSSR count). The Balaban J connectivity index is 2.51. The Bertz CT molecular complexity index is 691. The highest BCUT2D eigenvalue weighted by Crippen LogP contribution is 2.24. The molecule has 0 aromatic heterocycles. The normalized spacial score (nSPS) is 16.6. The molecule has 0 saturated carbocycles. The van der Waals surface area contributed by atoms with Crippen LogP contribution < -0.4 is 10.4 Å². The van der Waals surface area contributed by atoms with Crippen LogP contribution in [0.25, 0.3) is 11.6 Å². The first-order valence-electron chi connectivity index (χ1n) is 4.88. The van der Waals surface area contributed by atoms with Crippen molar-refractivity contribution < 1.29 is 15.0 Å². The quantitative estimate of drug-likeness (QED) is 0.600. The van der Waals surface area contributed by atoms with Crippen molar-refractivity contribution in [2.45, 2.75) is 0 Å². The SMILES string of the molecule is O=C1C=CC=C2C=c3c(O)c(O)ccc3=C12. The molecule has 0 radical (unpaired) electrons. The van der Waals surface area contributed by atoms with Crippen molar-refractivity contribution in [3.63, 3.8) is 0 Å². The third kappa shape index (κ3) is 0.997. The lowest BCUT2D eigenvalue weighted by Crippen LogP contribution is -2.24. The van der Waals surface area contributed by atoms with Crippen LogP contribution in [0.2, 0.25) is 0 Å². The van der Waals surface area contributed by atoms with Crippen molar-refractivity contribution in [1.82, 2.24) is 0 Å². The van der Waals surface area contributed by atoms with Crippen LogP contribution in [-0.4, -0.2) is 16.0 Å². The number of fused-ring (bicyclic) bond motifs is 2. The summed E-state index contributed by atoms with van der Waals surface area (Å²) in [5.41, 5.74) is 1.37. The second-order valence-corrected chi connectivity index (χ2v) is 3.76. The molecule has 0 aliphatic heterocycles. The Hall–Kier alpha value is -2.29. The summed E-state index contributed by atoms with van der Waals surface area (Å²) < 4.78 is 0. The number of hydrogen-bond donors (Lipinski definition) is 2. The fourth-order valence-corrected chi connectivity index (χ4v) is 2.07. The Morgan fingerprint density at radius 2 is 1.94 bits per heavy atom. The minimum Gasteiger partial charge on any atom is -0.504 e. The molecule has 0 bridgehead atoms.